The maximum absolute atomic E-state index is 12.2. The second-order valence-corrected chi connectivity index (χ2v) is 8.22. The number of nitrogens with one attached hydrogen (secondary N) is 1. The topological polar surface area (TPSA) is 117 Å². The molecule has 0 radical (unpaired) electrons. The number of rotatable bonds is 8. The summed E-state index contributed by atoms with van der Waals surface area (Å²) in [6, 6.07) is 2.84. The lowest BCUT2D eigenvalue weighted by molar-refractivity contribution is -0.126. The second-order valence-electron chi connectivity index (χ2n) is 6.13. The van der Waals surface area contributed by atoms with Crippen LogP contribution in [-0.4, -0.2) is 48.5 Å². The molecule has 8 nitrogen and oxygen atoms in total. The van der Waals surface area contributed by atoms with Crippen LogP contribution in [0.2, 0.25) is 0 Å². The van der Waals surface area contributed by atoms with Crippen LogP contribution in [0.3, 0.4) is 0 Å². The fourth-order valence-electron chi connectivity index (χ4n) is 2.76. The number of carbonyl (C=O) groups excluding carboxylic acids is 1. The fourth-order valence-corrected chi connectivity index (χ4v) is 4.44. The number of carboxylic acid groups (broad SMARTS) is 1. The van der Waals surface area contributed by atoms with E-state index < -0.39 is 16.0 Å². The van der Waals surface area contributed by atoms with E-state index in [1.54, 1.807) is 0 Å². The Hall–Kier alpha value is -1.87. The van der Waals surface area contributed by atoms with E-state index in [0.717, 1.165) is 6.42 Å². The van der Waals surface area contributed by atoms with E-state index in [1.165, 1.54) is 16.4 Å². The number of hydrogen-bond donors (Lipinski definition) is 2. The zero-order valence-electron chi connectivity index (χ0n) is 14.2. The fraction of sp³-hybridized carbons (Fsp3) is 0.625. The number of sulfonamides is 1. The summed E-state index contributed by atoms with van der Waals surface area (Å²) in [4.78, 5) is 22.9. The van der Waals surface area contributed by atoms with Crippen LogP contribution in [0.15, 0.2) is 16.5 Å². The van der Waals surface area contributed by atoms with Crippen molar-refractivity contribution in [3.63, 3.8) is 0 Å². The number of hydrogen-bond acceptors (Lipinski definition) is 5. The normalized spacial score (nSPS) is 16.7. The third kappa shape index (κ3) is 5.30. The van der Waals surface area contributed by atoms with Crippen LogP contribution >= 0.6 is 0 Å². The van der Waals surface area contributed by atoms with Crippen molar-refractivity contribution in [2.45, 2.75) is 39.2 Å². The van der Waals surface area contributed by atoms with Crippen molar-refractivity contribution in [3.05, 3.63) is 23.7 Å². The van der Waals surface area contributed by atoms with Gasteiger partial charge in [-0.25, -0.2) is 17.5 Å². The lowest BCUT2D eigenvalue weighted by Gasteiger charge is -2.30. The highest BCUT2D eigenvalue weighted by molar-refractivity contribution is 7.89. The van der Waals surface area contributed by atoms with Crippen LogP contribution in [0.4, 0.5) is 0 Å². The zero-order valence-corrected chi connectivity index (χ0v) is 15.0. The first-order valence-corrected chi connectivity index (χ1v) is 10.0. The van der Waals surface area contributed by atoms with E-state index in [4.69, 9.17) is 9.52 Å². The molecule has 2 N–H and O–H groups in total. The van der Waals surface area contributed by atoms with Crippen molar-refractivity contribution in [3.8, 4) is 0 Å². The van der Waals surface area contributed by atoms with Gasteiger partial charge in [-0.1, -0.05) is 13.3 Å². The first kappa shape index (κ1) is 19.5. The van der Waals surface area contributed by atoms with Crippen LogP contribution in [0.5, 0.6) is 0 Å². The lowest BCUT2D eigenvalue weighted by atomic mass is 9.97. The molecular formula is C16H24N2O6S. The Balaban J connectivity index is 1.79. The summed E-state index contributed by atoms with van der Waals surface area (Å²) in [6.07, 6.45) is 2.43. The molecule has 1 amide bonds. The SMILES string of the molecule is CCCCS(=O)(=O)N1CCC(C(=O)NCc2ccc(C(=O)O)o2)CC1. The molecule has 0 aliphatic carbocycles. The van der Waals surface area contributed by atoms with E-state index in [0.29, 0.717) is 38.1 Å². The van der Waals surface area contributed by atoms with Crippen molar-refractivity contribution in [1.82, 2.24) is 9.62 Å². The van der Waals surface area contributed by atoms with Gasteiger partial charge >= 0.3 is 5.97 Å². The van der Waals surface area contributed by atoms with Crippen molar-refractivity contribution in [2.24, 2.45) is 5.92 Å². The average molecular weight is 372 g/mol. The summed E-state index contributed by atoms with van der Waals surface area (Å²) in [7, 11) is -3.22. The Morgan fingerprint density at radius 2 is 2.00 bits per heavy atom. The predicted octanol–water partition coefficient (Wildman–Crippen LogP) is 1.44. The predicted molar refractivity (Wildman–Crippen MR) is 90.5 cm³/mol. The van der Waals surface area contributed by atoms with E-state index >= 15 is 0 Å². The van der Waals surface area contributed by atoms with E-state index in [9.17, 15) is 18.0 Å². The van der Waals surface area contributed by atoms with Gasteiger partial charge in [-0.3, -0.25) is 4.79 Å². The Labute approximate surface area is 147 Å². The van der Waals surface area contributed by atoms with Gasteiger partial charge in [-0.05, 0) is 31.4 Å². The summed E-state index contributed by atoms with van der Waals surface area (Å²) in [5.41, 5.74) is 0. The van der Waals surface area contributed by atoms with Crippen molar-refractivity contribution in [1.29, 1.82) is 0 Å². The minimum absolute atomic E-state index is 0.112. The molecule has 0 spiro atoms. The highest BCUT2D eigenvalue weighted by Gasteiger charge is 2.30. The molecule has 0 aromatic carbocycles. The largest absolute Gasteiger partial charge is 0.475 e. The maximum Gasteiger partial charge on any atom is 0.371 e. The number of nitrogens with zero attached hydrogens (tertiary/aromatic N) is 1. The van der Waals surface area contributed by atoms with Crippen LogP contribution in [0.1, 0.15) is 48.9 Å². The van der Waals surface area contributed by atoms with Crippen molar-refractivity contribution >= 4 is 21.9 Å². The van der Waals surface area contributed by atoms with Gasteiger partial charge in [0.15, 0.2) is 0 Å². The average Bonchev–Trinajstić information content (AvgIpc) is 3.07. The van der Waals surface area contributed by atoms with Crippen LogP contribution in [0.25, 0.3) is 0 Å². The molecule has 0 saturated carbocycles. The number of carboxylic acids is 1. The minimum Gasteiger partial charge on any atom is -0.475 e. The molecule has 1 aromatic rings. The molecule has 0 atom stereocenters. The molecule has 140 valence electrons. The second kappa shape index (κ2) is 8.48. The van der Waals surface area contributed by atoms with Crippen molar-refractivity contribution in [2.75, 3.05) is 18.8 Å². The first-order chi connectivity index (χ1) is 11.8. The summed E-state index contributed by atoms with van der Waals surface area (Å²) < 4.78 is 30.9. The van der Waals surface area contributed by atoms with E-state index in [1.807, 2.05) is 6.92 Å². The molecule has 0 unspecified atom stereocenters. The first-order valence-electron chi connectivity index (χ1n) is 8.41. The minimum atomic E-state index is -3.22. The zero-order chi connectivity index (χ0) is 18.4. The Morgan fingerprint density at radius 3 is 2.56 bits per heavy atom. The summed E-state index contributed by atoms with van der Waals surface area (Å²) in [5.74, 6) is -1.22. The molecule has 1 aliphatic rings. The van der Waals surface area contributed by atoms with E-state index in [-0.39, 0.29) is 29.9 Å². The van der Waals surface area contributed by atoms with Crippen LogP contribution in [-0.2, 0) is 21.4 Å². The smallest absolute Gasteiger partial charge is 0.371 e. The molecule has 25 heavy (non-hydrogen) atoms. The standard InChI is InChI=1S/C16H24N2O6S/c1-2-3-10-25(22,23)18-8-6-12(7-9-18)15(19)17-11-13-4-5-14(24-13)16(20)21/h4-5,12H,2-3,6-11H2,1H3,(H,17,19)(H,20,21). The number of amides is 1. The molecule has 1 aliphatic heterocycles. The number of carbonyl (C=O) groups is 2. The van der Waals surface area contributed by atoms with Crippen LogP contribution in [0, 0.1) is 5.92 Å². The van der Waals surface area contributed by atoms with Gasteiger partial charge in [0.25, 0.3) is 0 Å². The number of aromatic carboxylic acids is 1. The van der Waals surface area contributed by atoms with Gasteiger partial charge in [0.05, 0.1) is 12.3 Å². The third-order valence-electron chi connectivity index (χ3n) is 4.28. The van der Waals surface area contributed by atoms with Gasteiger partial charge in [0.2, 0.25) is 21.7 Å². The summed E-state index contributed by atoms with van der Waals surface area (Å²) in [6.45, 7) is 2.77. The Kier molecular flexibility index (Phi) is 6.60. The van der Waals surface area contributed by atoms with Crippen molar-refractivity contribution < 1.29 is 27.5 Å². The number of unbranched alkanes of at least 4 members (excludes halogenated alkanes) is 1. The number of furan rings is 1. The van der Waals surface area contributed by atoms with Gasteiger partial charge in [0.1, 0.15) is 5.76 Å². The highest BCUT2D eigenvalue weighted by Crippen LogP contribution is 2.21. The molecule has 2 rings (SSSR count). The van der Waals surface area contributed by atoms with Gasteiger partial charge < -0.3 is 14.8 Å². The van der Waals surface area contributed by atoms with Gasteiger partial charge in [0, 0.05) is 19.0 Å². The molecule has 0 bridgehead atoms. The molecule has 1 saturated heterocycles. The third-order valence-corrected chi connectivity index (χ3v) is 6.24. The van der Waals surface area contributed by atoms with E-state index in [2.05, 4.69) is 5.32 Å². The van der Waals surface area contributed by atoms with Gasteiger partial charge in [-0.15, -0.1) is 0 Å². The Morgan fingerprint density at radius 1 is 1.32 bits per heavy atom. The highest BCUT2D eigenvalue weighted by atomic mass is 32.2. The van der Waals surface area contributed by atoms with Crippen LogP contribution < -0.4 is 5.32 Å². The molecule has 9 heteroatoms. The molecule has 1 aromatic heterocycles. The summed E-state index contributed by atoms with van der Waals surface area (Å²) in [5, 5.41) is 11.5. The van der Waals surface area contributed by atoms with Gasteiger partial charge in [-0.2, -0.15) is 0 Å². The monoisotopic (exact) mass is 372 g/mol. The molecule has 2 heterocycles. The lowest BCUT2D eigenvalue weighted by Crippen LogP contribution is -2.43. The Bertz CT molecular complexity index is 704. The molecule has 1 fully saturated rings. The maximum atomic E-state index is 12.2. The molecular weight excluding hydrogens is 348 g/mol. The summed E-state index contributed by atoms with van der Waals surface area (Å²) >= 11 is 0. The number of piperidine rings is 1. The quantitative estimate of drug-likeness (QED) is 0.713.